The van der Waals surface area contributed by atoms with Crippen LogP contribution < -0.4 is 10.6 Å². The molecule has 3 amide bonds. The van der Waals surface area contributed by atoms with Gasteiger partial charge in [-0.2, -0.15) is 0 Å². The van der Waals surface area contributed by atoms with E-state index in [0.717, 1.165) is 22.8 Å². The Hall–Kier alpha value is -5.09. The number of amides is 3. The normalized spacial score (nSPS) is 12.4. The number of alkyl carbamates (subject to hydrolysis) is 1. The summed E-state index contributed by atoms with van der Waals surface area (Å²) in [6, 6.07) is 28.1. The van der Waals surface area contributed by atoms with E-state index < -0.39 is 35.6 Å². The van der Waals surface area contributed by atoms with Crippen molar-refractivity contribution in [3.8, 4) is 12.3 Å². The first-order valence-electron chi connectivity index (χ1n) is 15.3. The molecule has 0 spiro atoms. The Morgan fingerprint density at radius 3 is 2.24 bits per heavy atom. The molecule has 0 saturated heterocycles. The van der Waals surface area contributed by atoms with Crippen LogP contribution in [0.3, 0.4) is 0 Å². The van der Waals surface area contributed by atoms with Gasteiger partial charge in [0.25, 0.3) is 5.91 Å². The summed E-state index contributed by atoms with van der Waals surface area (Å²) >= 11 is 0. The molecule has 4 aromatic rings. The van der Waals surface area contributed by atoms with Gasteiger partial charge in [-0.3, -0.25) is 9.59 Å². The second-order valence-electron chi connectivity index (χ2n) is 12.0. The molecule has 0 saturated carbocycles. The molecule has 0 radical (unpaired) electrons. The molecule has 0 aliphatic heterocycles. The van der Waals surface area contributed by atoms with Gasteiger partial charge in [0.2, 0.25) is 5.91 Å². The Morgan fingerprint density at radius 2 is 1.56 bits per heavy atom. The molecule has 0 aromatic heterocycles. The lowest BCUT2D eigenvalue weighted by Crippen LogP contribution is -2.53. The molecule has 7 nitrogen and oxygen atoms in total. The summed E-state index contributed by atoms with van der Waals surface area (Å²) in [7, 11) is 0. The van der Waals surface area contributed by atoms with E-state index in [2.05, 4.69) is 16.6 Å². The van der Waals surface area contributed by atoms with Crippen LogP contribution in [0.5, 0.6) is 0 Å². The summed E-state index contributed by atoms with van der Waals surface area (Å²) in [5.41, 5.74) is 1.71. The van der Waals surface area contributed by atoms with Crippen LogP contribution in [0.15, 0.2) is 97.1 Å². The second kappa shape index (κ2) is 15.1. The number of hydrogen-bond donors (Lipinski definition) is 2. The van der Waals surface area contributed by atoms with Crippen LogP contribution in [0.4, 0.5) is 10.5 Å². The SMILES string of the molecule is C#Cc1ccccc1C(C(=O)Nc1ccc2ccccc2c1)N(CCCC)C(=O)C(Cc1ccccc1)NC(=O)OC(C)(C)C. The van der Waals surface area contributed by atoms with Crippen LogP contribution in [0.1, 0.15) is 63.3 Å². The molecule has 0 fully saturated rings. The van der Waals surface area contributed by atoms with Crippen molar-refractivity contribution in [2.75, 3.05) is 11.9 Å². The molecule has 0 aliphatic carbocycles. The first kappa shape index (κ1) is 32.8. The van der Waals surface area contributed by atoms with Crippen LogP contribution in [0, 0.1) is 12.3 Å². The Kier molecular flexibility index (Phi) is 11.0. The molecule has 2 atom stereocenters. The summed E-state index contributed by atoms with van der Waals surface area (Å²) in [6.45, 7) is 7.57. The van der Waals surface area contributed by atoms with E-state index in [1.54, 1.807) is 49.9 Å². The van der Waals surface area contributed by atoms with Crippen molar-refractivity contribution in [2.45, 2.75) is 64.6 Å². The summed E-state index contributed by atoms with van der Waals surface area (Å²) in [4.78, 5) is 43.5. The van der Waals surface area contributed by atoms with Gasteiger partial charge in [0.15, 0.2) is 0 Å². The van der Waals surface area contributed by atoms with Gasteiger partial charge in [-0.05, 0) is 67.3 Å². The van der Waals surface area contributed by atoms with E-state index in [0.29, 0.717) is 23.2 Å². The van der Waals surface area contributed by atoms with Crippen molar-refractivity contribution in [1.29, 1.82) is 0 Å². The molecule has 7 heteroatoms. The zero-order chi connectivity index (χ0) is 32.4. The molecule has 232 valence electrons. The number of terminal acetylenes is 1. The van der Waals surface area contributed by atoms with Crippen LogP contribution in [-0.4, -0.2) is 41.0 Å². The smallest absolute Gasteiger partial charge is 0.408 e. The number of unbranched alkanes of at least 4 members (excludes halogenated alkanes) is 1. The fourth-order valence-electron chi connectivity index (χ4n) is 5.19. The molecule has 0 aliphatic rings. The minimum Gasteiger partial charge on any atom is -0.444 e. The number of nitrogens with one attached hydrogen (secondary N) is 2. The minimum atomic E-state index is -1.07. The highest BCUT2D eigenvalue weighted by molar-refractivity contribution is 6.00. The number of benzene rings is 4. The van der Waals surface area contributed by atoms with Gasteiger partial charge in [0.1, 0.15) is 17.7 Å². The van der Waals surface area contributed by atoms with Crippen molar-refractivity contribution in [3.63, 3.8) is 0 Å². The van der Waals surface area contributed by atoms with Crippen molar-refractivity contribution in [2.24, 2.45) is 0 Å². The maximum Gasteiger partial charge on any atom is 0.408 e. The van der Waals surface area contributed by atoms with Gasteiger partial charge in [-0.25, -0.2) is 4.79 Å². The predicted octanol–water partition coefficient (Wildman–Crippen LogP) is 7.27. The maximum atomic E-state index is 14.6. The Morgan fingerprint density at radius 1 is 0.889 bits per heavy atom. The van der Waals surface area contributed by atoms with Crippen molar-refractivity contribution in [3.05, 3.63) is 114 Å². The summed E-state index contributed by atoms with van der Waals surface area (Å²) in [5, 5.41) is 7.86. The number of rotatable bonds is 11. The average molecular weight is 604 g/mol. The average Bonchev–Trinajstić information content (AvgIpc) is 3.02. The monoisotopic (exact) mass is 603 g/mol. The molecular formula is C38H41N3O4. The van der Waals surface area contributed by atoms with Crippen LogP contribution in [0.25, 0.3) is 10.8 Å². The molecule has 0 bridgehead atoms. The van der Waals surface area contributed by atoms with Crippen LogP contribution in [0.2, 0.25) is 0 Å². The fraction of sp³-hybridized carbons (Fsp3) is 0.289. The van der Waals surface area contributed by atoms with E-state index in [1.807, 2.05) is 79.7 Å². The predicted molar refractivity (Wildman–Crippen MR) is 180 cm³/mol. The third-order valence-electron chi connectivity index (χ3n) is 7.30. The zero-order valence-corrected chi connectivity index (χ0v) is 26.4. The number of hydrogen-bond acceptors (Lipinski definition) is 4. The lowest BCUT2D eigenvalue weighted by Gasteiger charge is -2.35. The van der Waals surface area contributed by atoms with E-state index in [4.69, 9.17) is 11.2 Å². The fourth-order valence-corrected chi connectivity index (χ4v) is 5.19. The van der Waals surface area contributed by atoms with E-state index >= 15 is 0 Å². The molecule has 2 unspecified atom stereocenters. The summed E-state index contributed by atoms with van der Waals surface area (Å²) in [6.07, 6.45) is 6.81. The number of nitrogens with zero attached hydrogens (tertiary/aromatic N) is 1. The van der Waals surface area contributed by atoms with Gasteiger partial charge in [0.05, 0.1) is 0 Å². The molecule has 2 N–H and O–H groups in total. The highest BCUT2D eigenvalue weighted by atomic mass is 16.6. The topological polar surface area (TPSA) is 87.7 Å². The van der Waals surface area contributed by atoms with E-state index in [-0.39, 0.29) is 13.0 Å². The van der Waals surface area contributed by atoms with Crippen molar-refractivity contribution in [1.82, 2.24) is 10.2 Å². The molecule has 4 aromatic carbocycles. The molecule has 45 heavy (non-hydrogen) atoms. The quantitative estimate of drug-likeness (QED) is 0.177. The highest BCUT2D eigenvalue weighted by Gasteiger charge is 2.37. The number of carbonyl (C=O) groups is 3. The number of anilines is 1. The third kappa shape index (κ3) is 8.96. The highest BCUT2D eigenvalue weighted by Crippen LogP contribution is 2.29. The number of carbonyl (C=O) groups excluding carboxylic acids is 3. The second-order valence-corrected chi connectivity index (χ2v) is 12.0. The number of ether oxygens (including phenoxy) is 1. The largest absolute Gasteiger partial charge is 0.444 e. The molecule has 0 heterocycles. The lowest BCUT2D eigenvalue weighted by atomic mass is 9.96. The van der Waals surface area contributed by atoms with Gasteiger partial charge < -0.3 is 20.3 Å². The summed E-state index contributed by atoms with van der Waals surface area (Å²) in [5.74, 6) is 1.87. The van der Waals surface area contributed by atoms with Crippen LogP contribution >= 0.6 is 0 Å². The van der Waals surface area contributed by atoms with E-state index in [1.165, 1.54) is 0 Å². The lowest BCUT2D eigenvalue weighted by molar-refractivity contribution is -0.140. The Labute approximate surface area is 266 Å². The zero-order valence-electron chi connectivity index (χ0n) is 26.4. The molecule has 4 rings (SSSR count). The minimum absolute atomic E-state index is 0.206. The maximum absolute atomic E-state index is 14.6. The molecular weight excluding hydrogens is 562 g/mol. The standard InChI is InChI=1S/C38H41N3O4/c1-6-8-24-41(36(43)33(25-27-16-10-9-11-17-27)40-37(44)45-38(3,4)5)34(32-21-15-14-18-28(32)7-2)35(42)39-31-23-22-29-19-12-13-20-30(29)26-31/h2,9-23,26,33-34H,6,8,24-25H2,1,3-5H3,(H,39,42)(H,40,44). The van der Waals surface area contributed by atoms with Crippen molar-refractivity contribution >= 4 is 34.4 Å². The Balaban J connectivity index is 1.77. The van der Waals surface area contributed by atoms with E-state index in [9.17, 15) is 14.4 Å². The Bertz CT molecular complexity index is 1670. The first-order valence-corrected chi connectivity index (χ1v) is 15.3. The van der Waals surface area contributed by atoms with Gasteiger partial charge in [-0.15, -0.1) is 6.42 Å². The van der Waals surface area contributed by atoms with Gasteiger partial charge >= 0.3 is 6.09 Å². The third-order valence-corrected chi connectivity index (χ3v) is 7.30. The van der Waals surface area contributed by atoms with Crippen LogP contribution in [-0.2, 0) is 20.7 Å². The number of fused-ring (bicyclic) bond motifs is 1. The van der Waals surface area contributed by atoms with Gasteiger partial charge in [-0.1, -0.05) is 98.1 Å². The van der Waals surface area contributed by atoms with Gasteiger partial charge in [0, 0.05) is 24.2 Å². The van der Waals surface area contributed by atoms with Crippen molar-refractivity contribution < 1.29 is 19.1 Å². The summed E-state index contributed by atoms with van der Waals surface area (Å²) < 4.78 is 5.53. The first-order chi connectivity index (χ1) is 21.6.